The van der Waals surface area contributed by atoms with Crippen LogP contribution in [0.4, 0.5) is 0 Å². The minimum Gasteiger partial charge on any atom is -0.464 e. The molecule has 0 bridgehead atoms. The molecule has 44 heavy (non-hydrogen) atoms. The quantitative estimate of drug-likeness (QED) is 0.0315. The van der Waals surface area contributed by atoms with Gasteiger partial charge in [0, 0.05) is 19.4 Å². The molecule has 0 saturated carbocycles. The summed E-state index contributed by atoms with van der Waals surface area (Å²) in [7, 11) is 2.05. The molecule has 0 fully saturated rings. The lowest BCUT2D eigenvalue weighted by Gasteiger charge is -2.15. The first-order chi connectivity index (χ1) is 21.6. The number of hydrogen-bond donors (Lipinski definition) is 2. The van der Waals surface area contributed by atoms with Crippen LogP contribution in [0, 0.1) is 0 Å². The van der Waals surface area contributed by atoms with E-state index in [1.165, 1.54) is 154 Å². The molecule has 0 saturated heterocycles. The molecular weight excluding hydrogens is 544 g/mol. The summed E-state index contributed by atoms with van der Waals surface area (Å²) in [5.41, 5.74) is 0. The lowest BCUT2D eigenvalue weighted by molar-refractivity contribution is -0.468. The molecule has 0 heterocycles. The zero-order valence-electron chi connectivity index (χ0n) is 30.3. The van der Waals surface area contributed by atoms with Gasteiger partial charge in [0.05, 0.1) is 6.42 Å². The summed E-state index contributed by atoms with van der Waals surface area (Å²) in [6.45, 7) is 7.52. The molecule has 0 aliphatic carbocycles. The van der Waals surface area contributed by atoms with Crippen molar-refractivity contribution in [1.29, 1.82) is 0 Å². The number of aliphatic hydroxyl groups excluding tert-OH is 1. The summed E-state index contributed by atoms with van der Waals surface area (Å²) < 4.78 is 5.43. The number of carbonyl (C=O) groups is 1. The fourth-order valence-electron chi connectivity index (χ4n) is 5.94. The van der Waals surface area contributed by atoms with E-state index in [4.69, 9.17) is 4.74 Å². The van der Waals surface area contributed by atoms with E-state index < -0.39 is 0 Å². The largest absolute Gasteiger partial charge is 0.464 e. The van der Waals surface area contributed by atoms with Crippen LogP contribution in [0.3, 0.4) is 0 Å². The van der Waals surface area contributed by atoms with Gasteiger partial charge in [0.25, 0.3) is 0 Å². The van der Waals surface area contributed by atoms with Crippen molar-refractivity contribution in [3.63, 3.8) is 0 Å². The molecule has 0 rings (SSSR count). The summed E-state index contributed by atoms with van der Waals surface area (Å²) in [6, 6.07) is 0. The van der Waals surface area contributed by atoms with Gasteiger partial charge in [-0.15, -0.1) is 0 Å². The molecule has 2 N–H and O–H groups in total. The third kappa shape index (κ3) is 35.4. The van der Waals surface area contributed by atoms with Gasteiger partial charge in [0.2, 0.25) is 0 Å². The van der Waals surface area contributed by atoms with Gasteiger partial charge in [-0.2, -0.15) is 0 Å². The van der Waals surface area contributed by atoms with Gasteiger partial charge >= 0.3 is 11.9 Å². The highest BCUT2D eigenvalue weighted by atomic mass is 16.5. The van der Waals surface area contributed by atoms with Crippen molar-refractivity contribution in [3.8, 4) is 0 Å². The predicted molar refractivity (Wildman–Crippen MR) is 192 cm³/mol. The zero-order valence-corrected chi connectivity index (χ0v) is 30.3. The number of esters is 1. The van der Waals surface area contributed by atoms with E-state index in [0.29, 0.717) is 25.3 Å². The maximum Gasteiger partial charge on any atom is 0.332 e. The van der Waals surface area contributed by atoms with E-state index in [9.17, 15) is 9.90 Å². The number of nitrogens with zero attached hydrogens (tertiary/aromatic N) is 1. The number of nitrogens with one attached hydrogen (secondary N) is 1. The fourth-order valence-corrected chi connectivity index (χ4v) is 5.94. The minimum atomic E-state index is -0.0569. The first-order valence-corrected chi connectivity index (χ1v) is 19.7. The zero-order chi connectivity index (χ0) is 32.2. The number of aliphatic hydroxyl groups is 1. The molecule has 0 radical (unpaired) electrons. The van der Waals surface area contributed by atoms with Crippen molar-refractivity contribution in [2.24, 2.45) is 0 Å². The Hall–Kier alpha value is -1.10. The maximum atomic E-state index is 12.0. The van der Waals surface area contributed by atoms with Gasteiger partial charge in [-0.25, -0.2) is 4.99 Å². The molecule has 0 aromatic carbocycles. The van der Waals surface area contributed by atoms with E-state index in [1.807, 2.05) is 0 Å². The number of rotatable bonds is 36. The minimum absolute atomic E-state index is 0.0569. The van der Waals surface area contributed by atoms with Gasteiger partial charge in [0.15, 0.2) is 0 Å². The Balaban J connectivity index is 3.42. The molecule has 5 nitrogen and oxygen atoms in total. The van der Waals surface area contributed by atoms with Crippen molar-refractivity contribution in [3.05, 3.63) is 0 Å². The summed E-state index contributed by atoms with van der Waals surface area (Å²) in [6.07, 6.45) is 38.4. The standard InChI is InChI=1S/C39H78N2O3/c1-4-6-8-10-12-14-16-17-18-19-20-22-24-26-28-30-34-40-38(42)32-31-35-41(3)36-37-44-39(43)33-29-27-25-23-21-15-13-11-9-7-5-2/h4-37H2,1-3H3,(H,40,42)/p+1. The van der Waals surface area contributed by atoms with Crippen LogP contribution in [-0.4, -0.2) is 55.2 Å². The van der Waals surface area contributed by atoms with E-state index in [2.05, 4.69) is 30.8 Å². The number of likely N-dealkylation sites (N-methyl/N-ethyl adjacent to an activating group) is 1. The predicted octanol–water partition coefficient (Wildman–Crippen LogP) is 10.2. The van der Waals surface area contributed by atoms with Gasteiger partial charge in [-0.3, -0.25) is 4.79 Å². The number of hydrogen-bond acceptors (Lipinski definition) is 3. The summed E-state index contributed by atoms with van der Waals surface area (Å²) in [5, 5.41) is 10.2. The van der Waals surface area contributed by atoms with Gasteiger partial charge in [-0.05, 0) is 32.9 Å². The highest BCUT2D eigenvalue weighted by molar-refractivity contribution is 5.69. The fraction of sp³-hybridized carbons (Fsp3) is 0.949. The first kappa shape index (κ1) is 42.9. The van der Waals surface area contributed by atoms with Crippen molar-refractivity contribution in [1.82, 2.24) is 4.90 Å². The third-order valence-electron chi connectivity index (χ3n) is 9.03. The average molecular weight is 624 g/mol. The first-order valence-electron chi connectivity index (χ1n) is 19.7. The Labute approximate surface area is 275 Å². The Morgan fingerprint density at radius 3 is 1.34 bits per heavy atom. The van der Waals surface area contributed by atoms with Gasteiger partial charge in [0.1, 0.15) is 13.2 Å². The number of ether oxygens (including phenoxy) is 1. The number of unbranched alkanes of at least 4 members (excludes halogenated alkanes) is 25. The molecule has 0 aliphatic heterocycles. The van der Waals surface area contributed by atoms with Crippen molar-refractivity contribution < 1.29 is 19.6 Å². The molecule has 0 aromatic heterocycles. The van der Waals surface area contributed by atoms with Crippen LogP contribution in [0.15, 0.2) is 0 Å². The summed E-state index contributed by atoms with van der Waals surface area (Å²) >= 11 is 0. The van der Waals surface area contributed by atoms with Crippen LogP contribution in [0.25, 0.3) is 0 Å². The molecule has 0 unspecified atom stereocenters. The Morgan fingerprint density at radius 2 is 0.909 bits per heavy atom. The Bertz CT molecular complexity index is 610. The van der Waals surface area contributed by atoms with E-state index >= 15 is 0 Å². The maximum absolute atomic E-state index is 12.0. The number of carbonyl (C=O) groups excluding carboxylic acids is 1. The molecule has 0 spiro atoms. The molecule has 0 aliphatic rings. The smallest absolute Gasteiger partial charge is 0.332 e. The van der Waals surface area contributed by atoms with E-state index in [-0.39, 0.29) is 5.97 Å². The van der Waals surface area contributed by atoms with Crippen LogP contribution in [0.5, 0.6) is 0 Å². The Morgan fingerprint density at radius 1 is 0.523 bits per heavy atom. The molecule has 0 atom stereocenters. The van der Waals surface area contributed by atoms with Crippen molar-refractivity contribution >= 4 is 11.9 Å². The highest BCUT2D eigenvalue weighted by Gasteiger charge is 2.07. The van der Waals surface area contributed by atoms with Gasteiger partial charge < -0.3 is 14.7 Å². The summed E-state index contributed by atoms with van der Waals surface area (Å²) in [5.74, 6) is 0.358. The van der Waals surface area contributed by atoms with Gasteiger partial charge in [-0.1, -0.05) is 168 Å². The monoisotopic (exact) mass is 624 g/mol. The second-order valence-corrected chi connectivity index (χ2v) is 13.6. The lowest BCUT2D eigenvalue weighted by atomic mass is 10.0. The van der Waals surface area contributed by atoms with Crippen molar-refractivity contribution in [2.45, 2.75) is 206 Å². The van der Waals surface area contributed by atoms with E-state index in [1.54, 1.807) is 0 Å². The van der Waals surface area contributed by atoms with Crippen LogP contribution in [0.1, 0.15) is 206 Å². The molecule has 0 amide bonds. The highest BCUT2D eigenvalue weighted by Crippen LogP contribution is 2.14. The van der Waals surface area contributed by atoms with E-state index in [0.717, 1.165) is 45.3 Å². The SMILES string of the molecule is CCCCCCCCCCCCCCCCCC[NH+]=C(O)CCCN(C)CCOC(=O)CCCCCCCCCCCCC. The normalized spacial score (nSPS) is 12.0. The molecular formula is C39H79N2O3+. The topological polar surface area (TPSA) is 63.7 Å². The van der Waals surface area contributed by atoms with Crippen LogP contribution in [0.2, 0.25) is 0 Å². The second-order valence-electron chi connectivity index (χ2n) is 13.6. The second kappa shape index (κ2) is 36.4. The Kier molecular flexibility index (Phi) is 35.5. The molecule has 5 heteroatoms. The molecule has 262 valence electrons. The average Bonchev–Trinajstić information content (AvgIpc) is 3.01. The van der Waals surface area contributed by atoms with Crippen molar-refractivity contribution in [2.75, 3.05) is 33.3 Å². The third-order valence-corrected chi connectivity index (χ3v) is 9.03. The van der Waals surface area contributed by atoms with Crippen LogP contribution >= 0.6 is 0 Å². The lowest BCUT2D eigenvalue weighted by Crippen LogP contribution is -2.73. The van der Waals surface area contributed by atoms with Crippen LogP contribution < -0.4 is 4.99 Å². The summed E-state index contributed by atoms with van der Waals surface area (Å²) in [4.78, 5) is 17.4. The molecule has 0 aromatic rings. The van der Waals surface area contributed by atoms with Crippen LogP contribution in [-0.2, 0) is 9.53 Å².